The molecule has 1 aromatic heterocycles. The first-order chi connectivity index (χ1) is 10.9. The molecule has 0 fully saturated rings. The number of aromatic nitrogens is 1. The summed E-state index contributed by atoms with van der Waals surface area (Å²) in [5, 5.41) is 15.1. The average molecular weight is 315 g/mol. The molecular formula is C17H21N3O3. The van der Waals surface area contributed by atoms with E-state index in [-0.39, 0.29) is 12.5 Å². The van der Waals surface area contributed by atoms with Crippen LogP contribution in [0.3, 0.4) is 0 Å². The summed E-state index contributed by atoms with van der Waals surface area (Å²) in [5.41, 5.74) is 0.571. The van der Waals surface area contributed by atoms with E-state index < -0.39 is 5.54 Å². The van der Waals surface area contributed by atoms with Gasteiger partial charge in [0.15, 0.2) is 0 Å². The van der Waals surface area contributed by atoms with Crippen molar-refractivity contribution in [2.75, 3.05) is 24.4 Å². The fourth-order valence-electron chi connectivity index (χ4n) is 1.96. The third kappa shape index (κ3) is 4.43. The number of ether oxygens (including phenoxy) is 1. The van der Waals surface area contributed by atoms with E-state index in [1.165, 1.54) is 7.11 Å². The number of aliphatic hydroxyl groups is 1. The lowest BCUT2D eigenvalue weighted by Crippen LogP contribution is -2.35. The van der Waals surface area contributed by atoms with Crippen LogP contribution in [-0.4, -0.2) is 35.3 Å². The van der Waals surface area contributed by atoms with Crippen LogP contribution in [0.1, 0.15) is 24.2 Å². The molecular weight excluding hydrogens is 294 g/mol. The Balaban J connectivity index is 2.07. The fraction of sp³-hybridized carbons (Fsp3) is 0.294. The molecule has 2 aromatic rings. The van der Waals surface area contributed by atoms with Gasteiger partial charge in [0.25, 0.3) is 5.91 Å². The summed E-state index contributed by atoms with van der Waals surface area (Å²) in [4.78, 5) is 16.5. The van der Waals surface area contributed by atoms with E-state index >= 15 is 0 Å². The van der Waals surface area contributed by atoms with E-state index in [1.807, 2.05) is 13.8 Å². The standard InChI is InChI=1S/C17H21N3O3/c1-17(2,11-21)20-15-9-8-12(10-18-15)19-16(22)13-6-4-5-7-14(13)23-3/h4-10,21H,11H2,1-3H3,(H,18,20)(H,19,22). The topological polar surface area (TPSA) is 83.5 Å². The van der Waals surface area contributed by atoms with E-state index in [0.29, 0.717) is 22.8 Å². The summed E-state index contributed by atoms with van der Waals surface area (Å²) in [6.45, 7) is 3.72. The fourth-order valence-corrected chi connectivity index (χ4v) is 1.96. The second kappa shape index (κ2) is 7.11. The van der Waals surface area contributed by atoms with Gasteiger partial charge in [0.05, 0.1) is 36.7 Å². The SMILES string of the molecule is COc1ccccc1C(=O)Nc1ccc(NC(C)(C)CO)nc1. The minimum absolute atomic E-state index is 0.0129. The van der Waals surface area contributed by atoms with E-state index in [9.17, 15) is 9.90 Å². The van der Waals surface area contributed by atoms with Crippen LogP contribution in [0.5, 0.6) is 5.75 Å². The number of nitrogens with zero attached hydrogens (tertiary/aromatic N) is 1. The molecule has 0 radical (unpaired) electrons. The monoisotopic (exact) mass is 315 g/mol. The lowest BCUT2D eigenvalue weighted by atomic mass is 10.1. The Labute approximate surface area is 135 Å². The van der Waals surface area contributed by atoms with Crippen molar-refractivity contribution in [3.8, 4) is 5.75 Å². The van der Waals surface area contributed by atoms with Gasteiger partial charge in [0, 0.05) is 0 Å². The maximum absolute atomic E-state index is 12.3. The van der Waals surface area contributed by atoms with E-state index in [1.54, 1.807) is 42.6 Å². The molecule has 1 aromatic carbocycles. The number of para-hydroxylation sites is 1. The molecule has 23 heavy (non-hydrogen) atoms. The second-order valence-electron chi connectivity index (χ2n) is 5.75. The molecule has 122 valence electrons. The maximum atomic E-state index is 12.3. The van der Waals surface area contributed by atoms with Crippen LogP contribution in [-0.2, 0) is 0 Å². The number of amides is 1. The smallest absolute Gasteiger partial charge is 0.259 e. The number of pyridine rings is 1. The largest absolute Gasteiger partial charge is 0.496 e. The zero-order valence-corrected chi connectivity index (χ0v) is 13.5. The summed E-state index contributed by atoms with van der Waals surface area (Å²) < 4.78 is 5.18. The zero-order valence-electron chi connectivity index (χ0n) is 13.5. The van der Waals surface area contributed by atoms with Gasteiger partial charge < -0.3 is 20.5 Å². The molecule has 1 amide bonds. The van der Waals surface area contributed by atoms with Crippen molar-refractivity contribution in [2.24, 2.45) is 0 Å². The predicted octanol–water partition coefficient (Wildman–Crippen LogP) is 2.53. The Kier molecular flexibility index (Phi) is 5.18. The van der Waals surface area contributed by atoms with Gasteiger partial charge in [-0.15, -0.1) is 0 Å². The molecule has 0 aliphatic heterocycles. The number of carbonyl (C=O) groups is 1. The summed E-state index contributed by atoms with van der Waals surface area (Å²) in [5.74, 6) is 0.876. The van der Waals surface area contributed by atoms with Gasteiger partial charge in [0.1, 0.15) is 11.6 Å². The van der Waals surface area contributed by atoms with Crippen molar-refractivity contribution in [2.45, 2.75) is 19.4 Å². The number of rotatable bonds is 6. The zero-order chi connectivity index (χ0) is 16.9. The molecule has 1 heterocycles. The Hall–Kier alpha value is -2.60. The van der Waals surface area contributed by atoms with Crippen molar-refractivity contribution in [1.29, 1.82) is 0 Å². The highest BCUT2D eigenvalue weighted by molar-refractivity contribution is 6.06. The number of hydrogen-bond donors (Lipinski definition) is 3. The van der Waals surface area contributed by atoms with E-state index in [4.69, 9.17) is 4.74 Å². The molecule has 0 atom stereocenters. The molecule has 3 N–H and O–H groups in total. The number of carbonyl (C=O) groups excluding carboxylic acids is 1. The lowest BCUT2D eigenvalue weighted by molar-refractivity contribution is 0.102. The van der Waals surface area contributed by atoms with Crippen LogP contribution in [0.4, 0.5) is 11.5 Å². The predicted molar refractivity (Wildman–Crippen MR) is 90.0 cm³/mol. The number of benzene rings is 1. The number of anilines is 2. The number of methoxy groups -OCH3 is 1. The summed E-state index contributed by atoms with van der Waals surface area (Å²) >= 11 is 0. The summed E-state index contributed by atoms with van der Waals surface area (Å²) in [6.07, 6.45) is 1.56. The maximum Gasteiger partial charge on any atom is 0.259 e. The van der Waals surface area contributed by atoms with Gasteiger partial charge in [0.2, 0.25) is 0 Å². The molecule has 2 rings (SSSR count). The third-order valence-electron chi connectivity index (χ3n) is 3.23. The molecule has 0 aliphatic carbocycles. The van der Waals surface area contributed by atoms with Gasteiger partial charge in [-0.25, -0.2) is 4.98 Å². The van der Waals surface area contributed by atoms with Gasteiger partial charge in [-0.2, -0.15) is 0 Å². The number of hydrogen-bond acceptors (Lipinski definition) is 5. The quantitative estimate of drug-likeness (QED) is 0.763. The first-order valence-corrected chi connectivity index (χ1v) is 7.24. The Morgan fingerprint density at radius 3 is 2.61 bits per heavy atom. The van der Waals surface area contributed by atoms with Gasteiger partial charge in [-0.3, -0.25) is 4.79 Å². The Morgan fingerprint density at radius 1 is 1.26 bits per heavy atom. The van der Waals surface area contributed by atoms with Crippen LogP contribution < -0.4 is 15.4 Å². The molecule has 0 saturated carbocycles. The van der Waals surface area contributed by atoms with Crippen LogP contribution in [0.25, 0.3) is 0 Å². The normalized spacial score (nSPS) is 11.0. The van der Waals surface area contributed by atoms with Crippen LogP contribution >= 0.6 is 0 Å². The number of aliphatic hydroxyl groups excluding tert-OH is 1. The minimum Gasteiger partial charge on any atom is -0.496 e. The highest BCUT2D eigenvalue weighted by atomic mass is 16.5. The molecule has 0 aliphatic rings. The van der Waals surface area contributed by atoms with Gasteiger partial charge in [-0.1, -0.05) is 12.1 Å². The molecule has 0 saturated heterocycles. The highest BCUT2D eigenvalue weighted by Gasteiger charge is 2.16. The van der Waals surface area contributed by atoms with Crippen molar-refractivity contribution in [3.05, 3.63) is 48.2 Å². The van der Waals surface area contributed by atoms with Crippen molar-refractivity contribution < 1.29 is 14.6 Å². The first kappa shape index (κ1) is 16.8. The lowest BCUT2D eigenvalue weighted by Gasteiger charge is -2.24. The summed E-state index contributed by atoms with van der Waals surface area (Å²) in [6, 6.07) is 10.5. The van der Waals surface area contributed by atoms with E-state index in [2.05, 4.69) is 15.6 Å². The minimum atomic E-state index is -0.463. The molecule has 0 spiro atoms. The van der Waals surface area contributed by atoms with Crippen molar-refractivity contribution in [1.82, 2.24) is 4.98 Å². The van der Waals surface area contributed by atoms with Crippen molar-refractivity contribution >= 4 is 17.4 Å². The third-order valence-corrected chi connectivity index (χ3v) is 3.23. The molecule has 6 heteroatoms. The Bertz CT molecular complexity index is 669. The molecule has 6 nitrogen and oxygen atoms in total. The first-order valence-electron chi connectivity index (χ1n) is 7.24. The van der Waals surface area contributed by atoms with Crippen LogP contribution in [0.2, 0.25) is 0 Å². The van der Waals surface area contributed by atoms with Crippen LogP contribution in [0.15, 0.2) is 42.6 Å². The molecule has 0 unspecified atom stereocenters. The van der Waals surface area contributed by atoms with E-state index in [0.717, 1.165) is 0 Å². The average Bonchev–Trinajstić information content (AvgIpc) is 2.56. The Morgan fingerprint density at radius 2 is 2.00 bits per heavy atom. The van der Waals surface area contributed by atoms with Gasteiger partial charge in [-0.05, 0) is 38.1 Å². The summed E-state index contributed by atoms with van der Waals surface area (Å²) in [7, 11) is 1.52. The van der Waals surface area contributed by atoms with Crippen LogP contribution in [0, 0.1) is 0 Å². The number of nitrogens with one attached hydrogen (secondary N) is 2. The second-order valence-corrected chi connectivity index (χ2v) is 5.75. The van der Waals surface area contributed by atoms with Crippen molar-refractivity contribution in [3.63, 3.8) is 0 Å². The van der Waals surface area contributed by atoms with Gasteiger partial charge >= 0.3 is 0 Å². The molecule has 0 bridgehead atoms. The highest BCUT2D eigenvalue weighted by Crippen LogP contribution is 2.20.